The van der Waals surface area contributed by atoms with E-state index in [1.165, 1.54) is 6.07 Å². The molecule has 7 heteroatoms. The quantitative estimate of drug-likeness (QED) is 0.623. The van der Waals surface area contributed by atoms with E-state index in [1.807, 2.05) is 6.92 Å². The Morgan fingerprint density at radius 2 is 2.50 bits per heavy atom. The number of aliphatic hydroxyl groups is 1. The van der Waals surface area contributed by atoms with Gasteiger partial charge in [0.1, 0.15) is 5.60 Å². The Morgan fingerprint density at radius 3 is 3.06 bits per heavy atom. The van der Waals surface area contributed by atoms with E-state index in [2.05, 4.69) is 5.32 Å². The highest BCUT2D eigenvalue weighted by Crippen LogP contribution is 2.26. The molecule has 2 heterocycles. The van der Waals surface area contributed by atoms with Crippen molar-refractivity contribution in [3.8, 4) is 0 Å². The average Bonchev–Trinajstić information content (AvgIpc) is 2.88. The summed E-state index contributed by atoms with van der Waals surface area (Å²) in [5, 5.41) is 24.0. The van der Waals surface area contributed by atoms with Gasteiger partial charge in [0.15, 0.2) is 0 Å². The van der Waals surface area contributed by atoms with Crippen LogP contribution >= 0.6 is 11.3 Å². The van der Waals surface area contributed by atoms with Crippen LogP contribution < -0.4 is 5.32 Å². The van der Waals surface area contributed by atoms with E-state index in [9.17, 15) is 15.2 Å². The molecule has 1 aliphatic rings. The Kier molecular flexibility index (Phi) is 3.96. The molecule has 1 aliphatic heterocycles. The van der Waals surface area contributed by atoms with Crippen LogP contribution in [-0.2, 0) is 11.3 Å². The van der Waals surface area contributed by atoms with E-state index in [-0.39, 0.29) is 11.1 Å². The largest absolute Gasteiger partial charge is 0.386 e. The summed E-state index contributed by atoms with van der Waals surface area (Å²) in [6.07, 6.45) is 0.439. The van der Waals surface area contributed by atoms with Gasteiger partial charge in [0.2, 0.25) is 0 Å². The molecule has 2 atom stereocenters. The van der Waals surface area contributed by atoms with E-state index < -0.39 is 10.5 Å². The minimum absolute atomic E-state index is 0.142. The number of thiophene rings is 1. The first-order valence-corrected chi connectivity index (χ1v) is 6.61. The van der Waals surface area contributed by atoms with Crippen LogP contribution in [0.3, 0.4) is 0 Å². The highest BCUT2D eigenvalue weighted by Gasteiger charge is 2.38. The number of nitrogens with zero attached hydrogens (tertiary/aromatic N) is 1. The highest BCUT2D eigenvalue weighted by atomic mass is 32.1. The molecule has 0 radical (unpaired) electrons. The predicted molar refractivity (Wildman–Crippen MR) is 67.7 cm³/mol. The lowest BCUT2D eigenvalue weighted by Gasteiger charge is -2.26. The van der Waals surface area contributed by atoms with Crippen molar-refractivity contribution in [3.63, 3.8) is 0 Å². The van der Waals surface area contributed by atoms with Gasteiger partial charge >= 0.3 is 5.00 Å². The standard InChI is InChI=1S/C11H16N2O4S/c1-8-11(14,4-5-17-8)7-12-6-9-2-3-10(18-9)13(15)16/h2-3,8,12,14H,4-7H2,1H3. The third-order valence-electron chi connectivity index (χ3n) is 3.22. The van der Waals surface area contributed by atoms with Crippen molar-refractivity contribution in [3.05, 3.63) is 27.1 Å². The molecular formula is C11H16N2O4S. The Morgan fingerprint density at radius 1 is 1.72 bits per heavy atom. The Bertz CT molecular complexity index is 436. The lowest BCUT2D eigenvalue weighted by atomic mass is 9.97. The maximum absolute atomic E-state index is 10.5. The lowest BCUT2D eigenvalue weighted by molar-refractivity contribution is -0.380. The van der Waals surface area contributed by atoms with Crippen molar-refractivity contribution in [1.82, 2.24) is 5.32 Å². The third-order valence-corrected chi connectivity index (χ3v) is 4.25. The number of nitrogens with one attached hydrogen (secondary N) is 1. The van der Waals surface area contributed by atoms with Gasteiger partial charge in [-0.1, -0.05) is 11.3 Å². The molecule has 0 amide bonds. The van der Waals surface area contributed by atoms with Gasteiger partial charge in [-0.2, -0.15) is 0 Å². The van der Waals surface area contributed by atoms with Gasteiger partial charge in [0, 0.05) is 37.1 Å². The maximum Gasteiger partial charge on any atom is 0.324 e. The van der Waals surface area contributed by atoms with E-state index in [1.54, 1.807) is 6.07 Å². The molecule has 1 saturated heterocycles. The summed E-state index contributed by atoms with van der Waals surface area (Å²) >= 11 is 1.15. The summed E-state index contributed by atoms with van der Waals surface area (Å²) in [4.78, 5) is 11.0. The van der Waals surface area contributed by atoms with Crippen molar-refractivity contribution in [2.45, 2.75) is 31.6 Å². The monoisotopic (exact) mass is 272 g/mol. The molecule has 18 heavy (non-hydrogen) atoms. The molecule has 1 aromatic heterocycles. The average molecular weight is 272 g/mol. The van der Waals surface area contributed by atoms with Crippen molar-refractivity contribution >= 4 is 16.3 Å². The molecule has 0 aliphatic carbocycles. The van der Waals surface area contributed by atoms with E-state index in [0.29, 0.717) is 26.1 Å². The minimum atomic E-state index is -0.830. The van der Waals surface area contributed by atoms with Crippen LogP contribution in [-0.4, -0.2) is 34.9 Å². The van der Waals surface area contributed by atoms with Gasteiger partial charge in [-0.25, -0.2) is 0 Å². The summed E-state index contributed by atoms with van der Waals surface area (Å²) in [6.45, 7) is 3.38. The van der Waals surface area contributed by atoms with Crippen molar-refractivity contribution < 1.29 is 14.8 Å². The zero-order valence-corrected chi connectivity index (χ0v) is 10.9. The van der Waals surface area contributed by atoms with Gasteiger partial charge in [-0.05, 0) is 13.0 Å². The Labute approximate surface area is 109 Å². The molecule has 2 rings (SSSR count). The van der Waals surface area contributed by atoms with E-state index in [4.69, 9.17) is 4.74 Å². The van der Waals surface area contributed by atoms with Gasteiger partial charge < -0.3 is 15.2 Å². The topological polar surface area (TPSA) is 84.6 Å². The summed E-state index contributed by atoms with van der Waals surface area (Å²) in [7, 11) is 0. The first-order chi connectivity index (χ1) is 8.51. The second kappa shape index (κ2) is 5.31. The van der Waals surface area contributed by atoms with Gasteiger partial charge in [-0.3, -0.25) is 10.1 Å². The Balaban J connectivity index is 1.83. The molecule has 6 nitrogen and oxygen atoms in total. The van der Waals surface area contributed by atoms with Gasteiger partial charge in [0.25, 0.3) is 0 Å². The molecule has 1 aromatic rings. The zero-order valence-electron chi connectivity index (χ0n) is 10.1. The van der Waals surface area contributed by atoms with Crippen LogP contribution in [0.4, 0.5) is 5.00 Å². The third kappa shape index (κ3) is 2.86. The van der Waals surface area contributed by atoms with Crippen LogP contribution in [0.25, 0.3) is 0 Å². The highest BCUT2D eigenvalue weighted by molar-refractivity contribution is 7.15. The van der Waals surface area contributed by atoms with Crippen LogP contribution in [0.15, 0.2) is 12.1 Å². The molecular weight excluding hydrogens is 256 g/mol. The fraction of sp³-hybridized carbons (Fsp3) is 0.636. The number of rotatable bonds is 5. The summed E-state index contributed by atoms with van der Waals surface area (Å²) < 4.78 is 5.33. The van der Waals surface area contributed by atoms with Gasteiger partial charge in [0.05, 0.1) is 11.0 Å². The van der Waals surface area contributed by atoms with Crippen LogP contribution in [0.2, 0.25) is 0 Å². The van der Waals surface area contributed by atoms with Gasteiger partial charge in [-0.15, -0.1) is 0 Å². The molecule has 0 spiro atoms. The van der Waals surface area contributed by atoms with Crippen LogP contribution in [0.5, 0.6) is 0 Å². The first kappa shape index (κ1) is 13.4. The number of hydrogen-bond donors (Lipinski definition) is 2. The molecule has 0 aromatic carbocycles. The second-order valence-corrected chi connectivity index (χ2v) is 5.61. The smallest absolute Gasteiger partial charge is 0.324 e. The molecule has 1 fully saturated rings. The summed E-state index contributed by atoms with van der Waals surface area (Å²) in [5.41, 5.74) is -0.830. The van der Waals surface area contributed by atoms with E-state index in [0.717, 1.165) is 16.2 Å². The van der Waals surface area contributed by atoms with E-state index >= 15 is 0 Å². The lowest BCUT2D eigenvalue weighted by Crippen LogP contribution is -2.45. The molecule has 2 unspecified atom stereocenters. The van der Waals surface area contributed by atoms with Crippen LogP contribution in [0.1, 0.15) is 18.2 Å². The summed E-state index contributed by atoms with van der Waals surface area (Å²) in [5.74, 6) is 0. The van der Waals surface area contributed by atoms with Crippen molar-refractivity contribution in [2.75, 3.05) is 13.2 Å². The minimum Gasteiger partial charge on any atom is -0.386 e. The van der Waals surface area contributed by atoms with Crippen molar-refractivity contribution in [1.29, 1.82) is 0 Å². The number of hydrogen-bond acceptors (Lipinski definition) is 6. The Hall–Kier alpha value is -1.02. The first-order valence-electron chi connectivity index (χ1n) is 5.79. The predicted octanol–water partition coefficient (Wildman–Crippen LogP) is 1.29. The normalized spacial score (nSPS) is 27.6. The molecule has 2 N–H and O–H groups in total. The molecule has 0 saturated carbocycles. The summed E-state index contributed by atoms with van der Waals surface area (Å²) in [6, 6.07) is 3.23. The second-order valence-electron chi connectivity index (χ2n) is 4.47. The molecule has 100 valence electrons. The zero-order chi connectivity index (χ0) is 13.2. The number of ether oxygens (including phenoxy) is 1. The van der Waals surface area contributed by atoms with Crippen molar-refractivity contribution in [2.24, 2.45) is 0 Å². The fourth-order valence-electron chi connectivity index (χ4n) is 1.96. The fourth-order valence-corrected chi connectivity index (χ4v) is 2.75. The molecule has 0 bridgehead atoms. The SMILES string of the molecule is CC1OCCC1(O)CNCc1ccc([N+](=O)[O-])s1. The maximum atomic E-state index is 10.5. The number of nitro groups is 1. The van der Waals surface area contributed by atoms with Crippen LogP contribution in [0, 0.1) is 10.1 Å².